The van der Waals surface area contributed by atoms with Crippen molar-refractivity contribution < 1.29 is 37.2 Å². The highest BCUT2D eigenvalue weighted by molar-refractivity contribution is 8.53. The normalized spacial score (nSPS) is 12.2. The standard InChI is InChI=1S/C77H122O8P2S2/c1-7-11-15-19-27-35-43-67-47-55-71(56-48-67)82-86(88-65-41-33-25-23-29-37-45-75(78)80-63-39-31-21-17-13-9-3)84-73-59-51-69(52-60-73)77(5,6)70-53-61-74(62-54-70)85-87(83-72-57-49-68(50-58-72)44-36-28-20-16-12-8-2)89-66-42-34-26-24-30-38-46-76(79)81-64-40-32-22-18-14-10-4/h47-62H,7-46,63-66H2,1-6H3. The van der Waals surface area contributed by atoms with Gasteiger partial charge in [-0.1, -0.05) is 270 Å². The summed E-state index contributed by atoms with van der Waals surface area (Å²) < 4.78 is 37.7. The Morgan fingerprint density at radius 2 is 0.584 bits per heavy atom. The van der Waals surface area contributed by atoms with Crippen molar-refractivity contribution in [3.8, 4) is 23.0 Å². The van der Waals surface area contributed by atoms with Crippen LogP contribution in [0.3, 0.4) is 0 Å². The molecule has 0 aliphatic rings. The number of aryl methyl sites for hydroxylation is 2. The minimum absolute atomic E-state index is 0.0378. The predicted molar refractivity (Wildman–Crippen MR) is 387 cm³/mol. The van der Waals surface area contributed by atoms with Gasteiger partial charge in [0, 0.05) is 29.8 Å². The molecule has 0 spiro atoms. The zero-order valence-corrected chi connectivity index (χ0v) is 60.2. The molecule has 0 N–H and O–H groups in total. The Morgan fingerprint density at radius 3 is 0.899 bits per heavy atom. The van der Waals surface area contributed by atoms with Crippen LogP contribution in [0.1, 0.15) is 308 Å². The molecule has 0 radical (unpaired) electrons. The van der Waals surface area contributed by atoms with Crippen LogP contribution < -0.4 is 18.1 Å². The number of carbonyl (C=O) groups excluding carboxylic acids is 2. The second kappa shape index (κ2) is 52.0. The van der Waals surface area contributed by atoms with E-state index in [1.165, 1.54) is 151 Å². The topological polar surface area (TPSA) is 89.5 Å². The van der Waals surface area contributed by atoms with Gasteiger partial charge in [0.25, 0.3) is 0 Å². The molecule has 4 aromatic carbocycles. The molecular formula is C77H122O8P2S2. The summed E-state index contributed by atoms with van der Waals surface area (Å²) in [7, 11) is -2.59. The van der Waals surface area contributed by atoms with E-state index in [0.29, 0.717) is 26.1 Å². The Balaban J connectivity index is 1.30. The fourth-order valence-corrected chi connectivity index (χ4v) is 16.6. The van der Waals surface area contributed by atoms with E-state index in [1.54, 1.807) is 22.8 Å². The molecule has 0 saturated heterocycles. The molecule has 0 bridgehead atoms. The van der Waals surface area contributed by atoms with E-state index in [0.717, 1.165) is 150 Å². The number of unbranched alkanes of at least 4 members (excludes halogenated alkanes) is 30. The Hall–Kier alpha value is -3.42. The van der Waals surface area contributed by atoms with Crippen LogP contribution in [0.25, 0.3) is 0 Å². The van der Waals surface area contributed by atoms with Crippen molar-refractivity contribution in [3.05, 3.63) is 119 Å². The first-order valence-corrected chi connectivity index (χ1v) is 41.4. The van der Waals surface area contributed by atoms with Gasteiger partial charge in [0.15, 0.2) is 0 Å². The third-order valence-electron chi connectivity index (χ3n) is 16.8. The maximum Gasteiger partial charge on any atom is 0.360 e. The molecule has 12 heteroatoms. The highest BCUT2D eigenvalue weighted by Crippen LogP contribution is 2.54. The van der Waals surface area contributed by atoms with Crippen molar-refractivity contribution in [2.45, 2.75) is 304 Å². The van der Waals surface area contributed by atoms with Crippen molar-refractivity contribution in [2.75, 3.05) is 24.7 Å². The smallest absolute Gasteiger partial charge is 0.360 e. The van der Waals surface area contributed by atoms with Crippen LogP contribution in [-0.4, -0.2) is 36.7 Å². The van der Waals surface area contributed by atoms with Crippen molar-refractivity contribution in [1.82, 2.24) is 0 Å². The molecular weight excluding hydrogens is 1180 g/mol. The van der Waals surface area contributed by atoms with Crippen LogP contribution in [0.2, 0.25) is 0 Å². The summed E-state index contributed by atoms with van der Waals surface area (Å²) in [5.74, 6) is 5.16. The van der Waals surface area contributed by atoms with Gasteiger partial charge in [0.1, 0.15) is 23.0 Å². The summed E-state index contributed by atoms with van der Waals surface area (Å²) in [6.45, 7) is 14.7. The van der Waals surface area contributed by atoms with Gasteiger partial charge in [-0.2, -0.15) is 0 Å². The molecule has 89 heavy (non-hydrogen) atoms. The van der Waals surface area contributed by atoms with Gasteiger partial charge in [0.2, 0.25) is 0 Å². The lowest BCUT2D eigenvalue weighted by atomic mass is 9.78. The van der Waals surface area contributed by atoms with Gasteiger partial charge in [-0.15, -0.1) is 0 Å². The first kappa shape index (κ1) is 78.0. The SMILES string of the molecule is CCCCCCCCOC(=O)CCCCCCCCSP(Oc1ccc(CCCCCCCC)cc1)Oc1ccc(C(C)(C)c2ccc(OP(Oc3ccc(CCCCCCCC)cc3)SCCCCCCCCC(=O)OCCCCCCCC)cc2)cc1. The van der Waals surface area contributed by atoms with E-state index in [9.17, 15) is 9.59 Å². The molecule has 0 aromatic heterocycles. The van der Waals surface area contributed by atoms with Gasteiger partial charge in [0.05, 0.1) is 13.2 Å². The van der Waals surface area contributed by atoms with E-state index in [2.05, 4.69) is 139 Å². The van der Waals surface area contributed by atoms with Crippen LogP contribution >= 0.6 is 37.9 Å². The van der Waals surface area contributed by atoms with Crippen LogP contribution in [0.4, 0.5) is 0 Å². The fraction of sp³-hybridized carbons (Fsp3) is 0.662. The third-order valence-corrected chi connectivity index (χ3v) is 22.9. The molecule has 0 aliphatic carbocycles. The van der Waals surface area contributed by atoms with Crippen LogP contribution in [-0.2, 0) is 37.3 Å². The molecule has 4 rings (SSSR count). The average molecular weight is 1300 g/mol. The minimum Gasteiger partial charge on any atom is -0.466 e. The summed E-state index contributed by atoms with van der Waals surface area (Å²) in [6, 6.07) is 34.5. The van der Waals surface area contributed by atoms with Crippen molar-refractivity contribution >= 4 is 49.9 Å². The van der Waals surface area contributed by atoms with Gasteiger partial charge in [-0.05, 0) is 158 Å². The van der Waals surface area contributed by atoms with E-state index in [-0.39, 0.29) is 17.4 Å². The van der Waals surface area contributed by atoms with E-state index >= 15 is 0 Å². The maximum atomic E-state index is 12.2. The lowest BCUT2D eigenvalue weighted by molar-refractivity contribution is -0.144. The van der Waals surface area contributed by atoms with Gasteiger partial charge >= 0.3 is 27.1 Å². The first-order valence-electron chi connectivity index (χ1n) is 35.9. The highest BCUT2D eigenvalue weighted by atomic mass is 32.7. The summed E-state index contributed by atoms with van der Waals surface area (Å²) in [4.78, 5) is 24.5. The zero-order chi connectivity index (χ0) is 63.5. The van der Waals surface area contributed by atoms with Gasteiger partial charge in [-0.3, -0.25) is 9.59 Å². The van der Waals surface area contributed by atoms with Gasteiger partial charge in [-0.25, -0.2) is 0 Å². The minimum atomic E-state index is -1.29. The molecule has 500 valence electrons. The van der Waals surface area contributed by atoms with Crippen LogP contribution in [0, 0.1) is 0 Å². The summed E-state index contributed by atoms with van der Waals surface area (Å²) in [6.07, 6.45) is 46.3. The number of carbonyl (C=O) groups is 2. The molecule has 0 aliphatic heterocycles. The second-order valence-electron chi connectivity index (χ2n) is 25.2. The summed E-state index contributed by atoms with van der Waals surface area (Å²) in [5.41, 5.74) is 4.85. The molecule has 0 amide bonds. The second-order valence-corrected chi connectivity index (χ2v) is 31.5. The van der Waals surface area contributed by atoms with Crippen molar-refractivity contribution in [3.63, 3.8) is 0 Å². The number of benzene rings is 4. The molecule has 4 aromatic rings. The number of esters is 2. The first-order chi connectivity index (χ1) is 43.6. The number of rotatable bonds is 58. The van der Waals surface area contributed by atoms with Gasteiger partial charge < -0.3 is 27.6 Å². The largest absolute Gasteiger partial charge is 0.466 e. The molecule has 0 heterocycles. The van der Waals surface area contributed by atoms with E-state index in [4.69, 9.17) is 27.6 Å². The molecule has 8 nitrogen and oxygen atoms in total. The predicted octanol–water partition coefficient (Wildman–Crippen LogP) is 25.9. The monoisotopic (exact) mass is 1300 g/mol. The third kappa shape index (κ3) is 38.4. The van der Waals surface area contributed by atoms with E-state index < -0.39 is 15.2 Å². The number of hydrogen-bond acceptors (Lipinski definition) is 10. The average Bonchev–Trinajstić information content (AvgIpc) is 1.80. The lowest BCUT2D eigenvalue weighted by Crippen LogP contribution is -2.18. The fourth-order valence-electron chi connectivity index (χ4n) is 10.9. The highest BCUT2D eigenvalue weighted by Gasteiger charge is 2.25. The number of ether oxygens (including phenoxy) is 2. The van der Waals surface area contributed by atoms with Crippen molar-refractivity contribution in [1.29, 1.82) is 0 Å². The molecule has 2 atom stereocenters. The van der Waals surface area contributed by atoms with Crippen molar-refractivity contribution in [2.24, 2.45) is 0 Å². The summed E-state index contributed by atoms with van der Waals surface area (Å²) >= 11 is 3.57. The Kier molecular flexibility index (Phi) is 45.6. The van der Waals surface area contributed by atoms with E-state index in [1.807, 2.05) is 0 Å². The zero-order valence-electron chi connectivity index (χ0n) is 56.8. The Morgan fingerprint density at radius 1 is 0.326 bits per heavy atom. The molecule has 0 saturated carbocycles. The lowest BCUT2D eigenvalue weighted by Gasteiger charge is -2.27. The molecule has 0 fully saturated rings. The Bertz CT molecular complexity index is 2160. The van der Waals surface area contributed by atoms with Crippen LogP contribution in [0.5, 0.6) is 23.0 Å². The Labute approximate surface area is 554 Å². The summed E-state index contributed by atoms with van der Waals surface area (Å²) in [5, 5.41) is 0. The number of hydrogen-bond donors (Lipinski definition) is 0. The maximum absolute atomic E-state index is 12.2. The quantitative estimate of drug-likeness (QED) is 0.0242. The molecule has 2 unspecified atom stereocenters. The van der Waals surface area contributed by atoms with Crippen LogP contribution in [0.15, 0.2) is 97.1 Å².